The number of benzene rings is 1. The molecule has 2 rings (SSSR count). The van der Waals surface area contributed by atoms with Gasteiger partial charge >= 0.3 is 0 Å². The van der Waals surface area contributed by atoms with Gasteiger partial charge in [-0.1, -0.05) is 36.4 Å². The van der Waals surface area contributed by atoms with Crippen LogP contribution in [-0.2, 0) is 0 Å². The Labute approximate surface area is 93.5 Å². The van der Waals surface area contributed by atoms with Gasteiger partial charge in [-0.2, -0.15) is 0 Å². The topological polar surface area (TPSA) is 52.0 Å². The Morgan fingerprint density at radius 1 is 0.867 bits per heavy atom. The highest BCUT2D eigenvalue weighted by Crippen LogP contribution is 2.27. The van der Waals surface area contributed by atoms with Crippen molar-refractivity contribution in [3.63, 3.8) is 0 Å². The van der Waals surface area contributed by atoms with Gasteiger partial charge in [0.25, 0.3) is 0 Å². The molecule has 0 spiro atoms. The van der Waals surface area contributed by atoms with Crippen molar-refractivity contribution in [1.82, 2.24) is 0 Å². The minimum atomic E-state index is -0.134. The Hall–Kier alpha value is -1.16. The molecule has 15 heavy (non-hydrogen) atoms. The third-order valence-electron chi connectivity index (χ3n) is 2.44. The Kier molecular flexibility index (Phi) is 3.16. The maximum absolute atomic E-state index is 6.11. The van der Waals surface area contributed by atoms with Crippen LogP contribution in [0.5, 0.6) is 0 Å². The molecule has 0 aliphatic rings. The van der Waals surface area contributed by atoms with Gasteiger partial charge in [0.2, 0.25) is 0 Å². The largest absolute Gasteiger partial charge is 0.322 e. The van der Waals surface area contributed by atoms with E-state index in [-0.39, 0.29) is 12.1 Å². The van der Waals surface area contributed by atoms with Crippen LogP contribution >= 0.6 is 11.3 Å². The average Bonchev–Trinajstić information content (AvgIpc) is 2.82. The quantitative estimate of drug-likeness (QED) is 0.831. The first kappa shape index (κ1) is 10.4. The fourth-order valence-electron chi connectivity index (χ4n) is 1.54. The molecule has 1 aromatic carbocycles. The van der Waals surface area contributed by atoms with Crippen molar-refractivity contribution in [2.45, 2.75) is 12.1 Å². The van der Waals surface area contributed by atoms with Crippen molar-refractivity contribution in [1.29, 1.82) is 0 Å². The second-order valence-corrected chi connectivity index (χ2v) is 4.46. The Morgan fingerprint density at radius 3 is 2.20 bits per heavy atom. The van der Waals surface area contributed by atoms with Gasteiger partial charge < -0.3 is 11.5 Å². The molecule has 78 valence electrons. The first-order chi connectivity index (χ1) is 7.29. The van der Waals surface area contributed by atoms with Crippen molar-refractivity contribution >= 4 is 11.3 Å². The SMILES string of the molecule is NC(c1ccccc1)C(N)c1cccs1. The lowest BCUT2D eigenvalue weighted by molar-refractivity contribution is 0.583. The second kappa shape index (κ2) is 4.57. The molecule has 2 atom stereocenters. The van der Waals surface area contributed by atoms with E-state index < -0.39 is 0 Å². The van der Waals surface area contributed by atoms with Gasteiger partial charge in [-0.25, -0.2) is 0 Å². The number of hydrogen-bond acceptors (Lipinski definition) is 3. The Morgan fingerprint density at radius 2 is 1.60 bits per heavy atom. The summed E-state index contributed by atoms with van der Waals surface area (Å²) >= 11 is 1.65. The van der Waals surface area contributed by atoms with E-state index in [1.807, 2.05) is 47.8 Å². The van der Waals surface area contributed by atoms with Gasteiger partial charge in [0.15, 0.2) is 0 Å². The van der Waals surface area contributed by atoms with Crippen LogP contribution in [0.25, 0.3) is 0 Å². The molecule has 0 saturated carbocycles. The summed E-state index contributed by atoms with van der Waals surface area (Å²) < 4.78 is 0. The molecule has 2 unspecified atom stereocenters. The van der Waals surface area contributed by atoms with Crippen LogP contribution in [0.4, 0.5) is 0 Å². The third-order valence-corrected chi connectivity index (χ3v) is 3.42. The summed E-state index contributed by atoms with van der Waals surface area (Å²) in [7, 11) is 0. The van der Waals surface area contributed by atoms with Crippen molar-refractivity contribution in [3.8, 4) is 0 Å². The van der Waals surface area contributed by atoms with Crippen LogP contribution in [-0.4, -0.2) is 0 Å². The summed E-state index contributed by atoms with van der Waals surface area (Å²) in [6.45, 7) is 0. The van der Waals surface area contributed by atoms with Crippen LogP contribution < -0.4 is 11.5 Å². The fraction of sp³-hybridized carbons (Fsp3) is 0.167. The lowest BCUT2D eigenvalue weighted by atomic mass is 10.00. The predicted octanol–water partition coefficient (Wildman–Crippen LogP) is 2.45. The van der Waals surface area contributed by atoms with E-state index in [1.54, 1.807) is 11.3 Å². The highest BCUT2D eigenvalue weighted by atomic mass is 32.1. The Bertz CT molecular complexity index is 397. The van der Waals surface area contributed by atoms with E-state index >= 15 is 0 Å². The van der Waals surface area contributed by atoms with E-state index in [2.05, 4.69) is 0 Å². The first-order valence-corrected chi connectivity index (χ1v) is 5.76. The predicted molar refractivity (Wildman–Crippen MR) is 64.6 cm³/mol. The number of nitrogens with two attached hydrogens (primary N) is 2. The standard InChI is InChI=1S/C12H14N2S/c13-11(9-5-2-1-3-6-9)12(14)10-7-4-8-15-10/h1-8,11-12H,13-14H2. The van der Waals surface area contributed by atoms with Crippen molar-refractivity contribution in [2.24, 2.45) is 11.5 Å². The molecule has 1 heterocycles. The van der Waals surface area contributed by atoms with E-state index in [4.69, 9.17) is 11.5 Å². The summed E-state index contributed by atoms with van der Waals surface area (Å²) in [5, 5.41) is 2.02. The van der Waals surface area contributed by atoms with E-state index in [1.165, 1.54) is 0 Å². The molecule has 4 N–H and O–H groups in total. The zero-order valence-corrected chi connectivity index (χ0v) is 9.15. The van der Waals surface area contributed by atoms with E-state index in [0.717, 1.165) is 10.4 Å². The molecule has 0 amide bonds. The smallest absolute Gasteiger partial charge is 0.0585 e. The lowest BCUT2D eigenvalue weighted by Gasteiger charge is -2.18. The van der Waals surface area contributed by atoms with Crippen molar-refractivity contribution in [3.05, 3.63) is 58.3 Å². The number of hydrogen-bond donors (Lipinski definition) is 2. The van der Waals surface area contributed by atoms with Crippen LogP contribution in [0.1, 0.15) is 22.5 Å². The van der Waals surface area contributed by atoms with Crippen LogP contribution in [0.15, 0.2) is 47.8 Å². The zero-order valence-electron chi connectivity index (χ0n) is 8.34. The summed E-state index contributed by atoms with van der Waals surface area (Å²) in [6, 6.07) is 13.7. The average molecular weight is 218 g/mol. The molecule has 0 bridgehead atoms. The van der Waals surface area contributed by atoms with E-state index in [9.17, 15) is 0 Å². The van der Waals surface area contributed by atoms with Gasteiger partial charge in [-0.05, 0) is 17.0 Å². The van der Waals surface area contributed by atoms with Gasteiger partial charge in [0.1, 0.15) is 0 Å². The minimum absolute atomic E-state index is 0.118. The van der Waals surface area contributed by atoms with Gasteiger partial charge in [-0.3, -0.25) is 0 Å². The normalized spacial score (nSPS) is 14.8. The summed E-state index contributed by atoms with van der Waals surface area (Å²) in [6.07, 6.45) is 0. The number of rotatable bonds is 3. The van der Waals surface area contributed by atoms with Crippen molar-refractivity contribution < 1.29 is 0 Å². The van der Waals surface area contributed by atoms with Crippen LogP contribution in [0.2, 0.25) is 0 Å². The summed E-state index contributed by atoms with van der Waals surface area (Å²) in [5.74, 6) is 0. The molecule has 0 fully saturated rings. The molecule has 3 heteroatoms. The second-order valence-electron chi connectivity index (χ2n) is 3.48. The highest BCUT2D eigenvalue weighted by Gasteiger charge is 2.17. The molecule has 0 radical (unpaired) electrons. The minimum Gasteiger partial charge on any atom is -0.322 e. The maximum atomic E-state index is 6.11. The zero-order chi connectivity index (χ0) is 10.7. The van der Waals surface area contributed by atoms with E-state index in [0.29, 0.717) is 0 Å². The highest BCUT2D eigenvalue weighted by molar-refractivity contribution is 7.10. The molecule has 1 aromatic heterocycles. The Balaban J connectivity index is 2.18. The van der Waals surface area contributed by atoms with Crippen LogP contribution in [0.3, 0.4) is 0 Å². The van der Waals surface area contributed by atoms with Gasteiger partial charge in [0.05, 0.1) is 6.04 Å². The molecular weight excluding hydrogens is 204 g/mol. The summed E-state index contributed by atoms with van der Waals surface area (Å²) in [5.41, 5.74) is 13.3. The van der Waals surface area contributed by atoms with Gasteiger partial charge in [0, 0.05) is 10.9 Å². The molecule has 0 aliphatic carbocycles. The maximum Gasteiger partial charge on any atom is 0.0585 e. The molecule has 2 nitrogen and oxygen atoms in total. The molecule has 0 aliphatic heterocycles. The molecule has 0 saturated heterocycles. The lowest BCUT2D eigenvalue weighted by Crippen LogP contribution is -2.25. The fourth-order valence-corrected chi connectivity index (χ4v) is 2.32. The third kappa shape index (κ3) is 2.26. The molecular formula is C12H14N2S. The van der Waals surface area contributed by atoms with Gasteiger partial charge in [-0.15, -0.1) is 11.3 Å². The number of thiophene rings is 1. The summed E-state index contributed by atoms with van der Waals surface area (Å²) in [4.78, 5) is 1.13. The molecule has 2 aromatic rings. The first-order valence-electron chi connectivity index (χ1n) is 4.88. The van der Waals surface area contributed by atoms with Crippen LogP contribution in [0, 0.1) is 0 Å². The van der Waals surface area contributed by atoms with Crippen molar-refractivity contribution in [2.75, 3.05) is 0 Å². The monoisotopic (exact) mass is 218 g/mol.